The summed E-state index contributed by atoms with van der Waals surface area (Å²) in [6.45, 7) is 7.89. The Hall–Kier alpha value is -2.49. The molecule has 1 amide bonds. The molecule has 0 aliphatic carbocycles. The summed E-state index contributed by atoms with van der Waals surface area (Å²) in [5, 5.41) is 5.95. The monoisotopic (exact) mass is 530 g/mol. The first kappa shape index (κ1) is 24.2. The average Bonchev–Trinajstić information content (AvgIpc) is 3.44. The molecule has 0 saturated carbocycles. The van der Waals surface area contributed by atoms with Gasteiger partial charge in [0.15, 0.2) is 5.13 Å². The quantitative estimate of drug-likeness (QED) is 0.311. The van der Waals surface area contributed by atoms with Crippen LogP contribution in [0.4, 0.5) is 5.13 Å². The number of hydrogen-bond donors (Lipinski definition) is 0. The average molecular weight is 531 g/mol. The molecule has 3 heterocycles. The highest BCUT2D eigenvalue weighted by molar-refractivity contribution is 7.22. The van der Waals surface area contributed by atoms with E-state index in [0.717, 1.165) is 28.9 Å². The Morgan fingerprint density at radius 2 is 1.94 bits per heavy atom. The van der Waals surface area contributed by atoms with E-state index in [4.69, 9.17) is 37.4 Å². The van der Waals surface area contributed by atoms with Crippen LogP contribution in [0, 0.1) is 13.8 Å². The zero-order valence-electron chi connectivity index (χ0n) is 19.4. The number of ether oxygens (including phenoxy) is 1. The molecule has 35 heavy (non-hydrogen) atoms. The van der Waals surface area contributed by atoms with Gasteiger partial charge >= 0.3 is 0 Å². The van der Waals surface area contributed by atoms with Crippen molar-refractivity contribution in [3.8, 4) is 11.3 Å². The molecule has 1 aliphatic heterocycles. The van der Waals surface area contributed by atoms with E-state index in [9.17, 15) is 4.79 Å². The Bertz CT molecular complexity index is 1380. The van der Waals surface area contributed by atoms with Crippen molar-refractivity contribution in [3.05, 3.63) is 63.3 Å². The molecular formula is C25H24Cl2N4O3S. The van der Waals surface area contributed by atoms with Gasteiger partial charge in [-0.3, -0.25) is 14.6 Å². The fraction of sp³-hybridized carbons (Fsp3) is 0.320. The summed E-state index contributed by atoms with van der Waals surface area (Å²) in [7, 11) is 0. The number of rotatable bonds is 6. The number of fused-ring (bicyclic) bond motifs is 1. The number of morpholine rings is 1. The molecule has 4 aromatic rings. The van der Waals surface area contributed by atoms with Crippen LogP contribution in [0.25, 0.3) is 21.5 Å². The second-order valence-electron chi connectivity index (χ2n) is 8.42. The van der Waals surface area contributed by atoms with Crippen LogP contribution >= 0.6 is 34.5 Å². The third-order valence-corrected chi connectivity index (χ3v) is 7.64. The van der Waals surface area contributed by atoms with Gasteiger partial charge in [-0.05, 0) is 37.6 Å². The third kappa shape index (κ3) is 4.94. The predicted molar refractivity (Wildman–Crippen MR) is 140 cm³/mol. The third-order valence-electron chi connectivity index (χ3n) is 6.06. The molecule has 182 valence electrons. The maximum Gasteiger partial charge on any atom is 0.266 e. The number of carbonyl (C=O) groups is 1. The highest BCUT2D eigenvalue weighted by Crippen LogP contribution is 2.36. The minimum atomic E-state index is -0.227. The summed E-state index contributed by atoms with van der Waals surface area (Å²) in [6.07, 6.45) is 0. The van der Waals surface area contributed by atoms with Crippen molar-refractivity contribution in [1.82, 2.24) is 15.0 Å². The molecular weight excluding hydrogens is 507 g/mol. The molecule has 0 spiro atoms. The Balaban J connectivity index is 1.56. The topological polar surface area (TPSA) is 71.7 Å². The highest BCUT2D eigenvalue weighted by Gasteiger charge is 2.30. The van der Waals surface area contributed by atoms with Crippen molar-refractivity contribution in [1.29, 1.82) is 0 Å². The van der Waals surface area contributed by atoms with E-state index in [2.05, 4.69) is 10.1 Å². The number of carbonyl (C=O) groups excluding carboxylic acids is 1. The Morgan fingerprint density at radius 1 is 1.17 bits per heavy atom. The first-order valence-electron chi connectivity index (χ1n) is 11.3. The first-order valence-corrected chi connectivity index (χ1v) is 12.9. The summed E-state index contributed by atoms with van der Waals surface area (Å²) in [6, 6.07) is 11.1. The Morgan fingerprint density at radius 3 is 2.71 bits per heavy atom. The zero-order valence-corrected chi connectivity index (χ0v) is 21.7. The molecule has 2 aromatic heterocycles. The van der Waals surface area contributed by atoms with Gasteiger partial charge in [0, 0.05) is 36.8 Å². The molecule has 0 N–H and O–H groups in total. The minimum Gasteiger partial charge on any atom is -0.379 e. The lowest BCUT2D eigenvalue weighted by Gasteiger charge is -2.29. The van der Waals surface area contributed by atoms with Crippen molar-refractivity contribution in [2.75, 3.05) is 44.3 Å². The van der Waals surface area contributed by atoms with Crippen LogP contribution in [0.15, 0.2) is 40.9 Å². The lowest BCUT2D eigenvalue weighted by molar-refractivity contribution is 0.0391. The number of aryl methyl sites for hydroxylation is 2. The Kier molecular flexibility index (Phi) is 7.09. The van der Waals surface area contributed by atoms with E-state index in [1.54, 1.807) is 17.9 Å². The van der Waals surface area contributed by atoms with Crippen LogP contribution in [-0.2, 0) is 4.74 Å². The minimum absolute atomic E-state index is 0.227. The van der Waals surface area contributed by atoms with Crippen molar-refractivity contribution in [2.24, 2.45) is 0 Å². The first-order chi connectivity index (χ1) is 16.9. The molecule has 0 atom stereocenters. The van der Waals surface area contributed by atoms with Crippen LogP contribution in [-0.4, -0.2) is 60.3 Å². The number of anilines is 1. The standard InChI is InChI=1S/C25H24Cl2N4O3S/c1-15-13-17(26)14-20-22(15)28-25(35-20)31(8-7-30-9-11-33-12-10-30)24(32)21-16(2)34-29-23(21)18-5-3-4-6-19(18)27/h3-6,13-14H,7-12H2,1-2H3. The van der Waals surface area contributed by atoms with Gasteiger partial charge < -0.3 is 9.26 Å². The SMILES string of the molecule is Cc1onc(-c2ccccc2Cl)c1C(=O)N(CCN1CCOCC1)c1nc2c(C)cc(Cl)cc2s1. The van der Waals surface area contributed by atoms with E-state index < -0.39 is 0 Å². The van der Waals surface area contributed by atoms with E-state index in [1.165, 1.54) is 11.3 Å². The van der Waals surface area contributed by atoms with Crippen LogP contribution < -0.4 is 4.90 Å². The molecule has 5 rings (SSSR count). The summed E-state index contributed by atoms with van der Waals surface area (Å²) < 4.78 is 11.9. The molecule has 0 radical (unpaired) electrons. The van der Waals surface area contributed by atoms with Crippen LogP contribution in [0.2, 0.25) is 10.0 Å². The van der Waals surface area contributed by atoms with Crippen molar-refractivity contribution >= 4 is 55.8 Å². The van der Waals surface area contributed by atoms with Crippen LogP contribution in [0.5, 0.6) is 0 Å². The summed E-state index contributed by atoms with van der Waals surface area (Å²) >= 11 is 14.2. The number of nitrogens with zero attached hydrogens (tertiary/aromatic N) is 4. The largest absolute Gasteiger partial charge is 0.379 e. The van der Waals surface area contributed by atoms with Crippen LogP contribution in [0.1, 0.15) is 21.7 Å². The fourth-order valence-corrected chi connectivity index (χ4v) is 5.87. The molecule has 7 nitrogen and oxygen atoms in total. The molecule has 1 fully saturated rings. The number of amides is 1. The highest BCUT2D eigenvalue weighted by atomic mass is 35.5. The second kappa shape index (κ2) is 10.2. The van der Waals surface area contributed by atoms with Gasteiger partial charge in [0.1, 0.15) is 17.0 Å². The van der Waals surface area contributed by atoms with E-state index in [1.807, 2.05) is 37.3 Å². The molecule has 2 aromatic carbocycles. The van der Waals surface area contributed by atoms with Crippen molar-refractivity contribution in [3.63, 3.8) is 0 Å². The lowest BCUT2D eigenvalue weighted by Crippen LogP contribution is -2.43. The second-order valence-corrected chi connectivity index (χ2v) is 10.3. The maximum atomic E-state index is 14.1. The normalized spacial score (nSPS) is 14.5. The maximum absolute atomic E-state index is 14.1. The molecule has 10 heteroatoms. The van der Waals surface area contributed by atoms with Gasteiger partial charge in [0.25, 0.3) is 5.91 Å². The summed E-state index contributed by atoms with van der Waals surface area (Å²) in [5.74, 6) is 0.205. The van der Waals surface area contributed by atoms with Gasteiger partial charge in [0.2, 0.25) is 0 Å². The van der Waals surface area contributed by atoms with Crippen molar-refractivity contribution < 1.29 is 14.1 Å². The molecule has 1 aliphatic rings. The summed E-state index contributed by atoms with van der Waals surface area (Å²) in [4.78, 5) is 23.0. The van der Waals surface area contributed by atoms with Gasteiger partial charge in [-0.15, -0.1) is 0 Å². The molecule has 0 bridgehead atoms. The van der Waals surface area contributed by atoms with Gasteiger partial charge in [0.05, 0.1) is 28.5 Å². The van der Waals surface area contributed by atoms with Gasteiger partial charge in [-0.25, -0.2) is 4.98 Å². The molecule has 0 unspecified atom stereocenters. The number of aromatic nitrogens is 2. The fourth-order valence-electron chi connectivity index (χ4n) is 4.20. The summed E-state index contributed by atoms with van der Waals surface area (Å²) in [5.41, 5.74) is 3.26. The predicted octanol–water partition coefficient (Wildman–Crippen LogP) is 5.85. The molecule has 1 saturated heterocycles. The van der Waals surface area contributed by atoms with Gasteiger partial charge in [-0.1, -0.05) is 57.9 Å². The van der Waals surface area contributed by atoms with E-state index >= 15 is 0 Å². The Labute approximate surface area is 217 Å². The number of benzene rings is 2. The number of halogens is 2. The number of hydrogen-bond acceptors (Lipinski definition) is 7. The lowest BCUT2D eigenvalue weighted by atomic mass is 10.1. The van der Waals surface area contributed by atoms with E-state index in [0.29, 0.717) is 64.1 Å². The van der Waals surface area contributed by atoms with Crippen molar-refractivity contribution in [2.45, 2.75) is 13.8 Å². The van der Waals surface area contributed by atoms with Crippen LogP contribution in [0.3, 0.4) is 0 Å². The zero-order chi connectivity index (χ0) is 24.5. The van der Waals surface area contributed by atoms with Gasteiger partial charge in [-0.2, -0.15) is 0 Å². The van der Waals surface area contributed by atoms with E-state index in [-0.39, 0.29) is 5.91 Å². The number of thiazole rings is 1. The smallest absolute Gasteiger partial charge is 0.266 e.